The fourth-order valence-electron chi connectivity index (χ4n) is 3.63. The third kappa shape index (κ3) is 3.24. The molecule has 1 aliphatic rings. The van der Waals surface area contributed by atoms with Gasteiger partial charge in [0.2, 0.25) is 0 Å². The molecule has 6 heteroatoms. The number of carbonyl (C=O) groups excluding carboxylic acids is 1. The number of hydrogen-bond donors (Lipinski definition) is 1. The Morgan fingerprint density at radius 3 is 2.52 bits per heavy atom. The van der Waals surface area contributed by atoms with Crippen LogP contribution in [0.4, 0.5) is 0 Å². The lowest BCUT2D eigenvalue weighted by atomic mass is 9.96. The lowest BCUT2D eigenvalue weighted by Crippen LogP contribution is -2.32. The highest BCUT2D eigenvalue weighted by Crippen LogP contribution is 2.43. The molecule has 1 atom stereocenters. The number of rotatable bonds is 4. The van der Waals surface area contributed by atoms with Gasteiger partial charge in [0.1, 0.15) is 5.69 Å². The van der Waals surface area contributed by atoms with Crippen LogP contribution in [-0.2, 0) is 0 Å². The van der Waals surface area contributed by atoms with E-state index in [0.29, 0.717) is 28.2 Å². The number of aromatic nitrogens is 2. The van der Waals surface area contributed by atoms with Crippen molar-refractivity contribution >= 4 is 29.1 Å². The highest BCUT2D eigenvalue weighted by molar-refractivity contribution is 6.31. The largest absolute Gasteiger partial charge is 0.326 e. The number of halogens is 2. The number of benzene rings is 2. The standard InChI is InChI=1S/C21H19Cl2N3O/c1-12(2)11-26-20(14-4-3-5-16(23)10-14)17-18(24-25-19(17)21(26)27)13-6-8-15(22)9-7-13/h3-10,12,20H,11H2,1-2H3,(H,24,25). The van der Waals surface area contributed by atoms with Crippen molar-refractivity contribution in [3.05, 3.63) is 75.4 Å². The minimum Gasteiger partial charge on any atom is -0.326 e. The van der Waals surface area contributed by atoms with E-state index in [1.807, 2.05) is 53.4 Å². The number of hydrogen-bond acceptors (Lipinski definition) is 2. The zero-order valence-corrected chi connectivity index (χ0v) is 16.6. The fourth-order valence-corrected chi connectivity index (χ4v) is 3.95. The molecule has 0 aliphatic carbocycles. The molecule has 1 amide bonds. The smallest absolute Gasteiger partial charge is 0.273 e. The van der Waals surface area contributed by atoms with Crippen molar-refractivity contribution < 1.29 is 4.79 Å². The molecule has 0 saturated heterocycles. The molecule has 1 aromatic heterocycles. The molecule has 0 saturated carbocycles. The van der Waals surface area contributed by atoms with Gasteiger partial charge in [0, 0.05) is 27.7 Å². The van der Waals surface area contributed by atoms with Crippen molar-refractivity contribution in [2.45, 2.75) is 19.9 Å². The van der Waals surface area contributed by atoms with Crippen LogP contribution in [0.1, 0.15) is 41.5 Å². The highest BCUT2D eigenvalue weighted by atomic mass is 35.5. The molecule has 3 aromatic rings. The van der Waals surface area contributed by atoms with Gasteiger partial charge in [-0.05, 0) is 35.7 Å². The van der Waals surface area contributed by atoms with Gasteiger partial charge in [-0.25, -0.2) is 0 Å². The predicted octanol–water partition coefficient (Wildman–Crippen LogP) is 5.58. The van der Waals surface area contributed by atoms with Crippen LogP contribution in [0.3, 0.4) is 0 Å². The Bertz CT molecular complexity index is 995. The summed E-state index contributed by atoms with van der Waals surface area (Å²) in [5.41, 5.74) is 4.11. The first kappa shape index (κ1) is 18.1. The molecule has 0 fully saturated rings. The first-order chi connectivity index (χ1) is 13.0. The average molecular weight is 400 g/mol. The van der Waals surface area contributed by atoms with E-state index in [9.17, 15) is 4.79 Å². The SMILES string of the molecule is CC(C)CN1C(=O)c2[nH]nc(-c3ccc(Cl)cc3)c2C1c1cccc(Cl)c1. The van der Waals surface area contributed by atoms with Gasteiger partial charge < -0.3 is 4.90 Å². The van der Waals surface area contributed by atoms with Crippen LogP contribution in [0, 0.1) is 5.92 Å². The number of H-pyrrole nitrogens is 1. The molecule has 0 radical (unpaired) electrons. The Morgan fingerprint density at radius 1 is 1.11 bits per heavy atom. The monoisotopic (exact) mass is 399 g/mol. The molecule has 27 heavy (non-hydrogen) atoms. The second-order valence-corrected chi connectivity index (χ2v) is 8.05. The summed E-state index contributed by atoms with van der Waals surface area (Å²) in [7, 11) is 0. The third-order valence-electron chi connectivity index (χ3n) is 4.71. The maximum atomic E-state index is 13.1. The van der Waals surface area contributed by atoms with Crippen LogP contribution in [0.15, 0.2) is 48.5 Å². The van der Waals surface area contributed by atoms with Crippen LogP contribution < -0.4 is 0 Å². The van der Waals surface area contributed by atoms with Gasteiger partial charge >= 0.3 is 0 Å². The number of carbonyl (C=O) groups is 1. The van der Waals surface area contributed by atoms with Crippen molar-refractivity contribution in [1.29, 1.82) is 0 Å². The first-order valence-corrected chi connectivity index (χ1v) is 9.62. The molecular weight excluding hydrogens is 381 g/mol. The molecule has 2 heterocycles. The van der Waals surface area contributed by atoms with Crippen molar-refractivity contribution in [2.24, 2.45) is 5.92 Å². The van der Waals surface area contributed by atoms with E-state index in [2.05, 4.69) is 24.0 Å². The van der Waals surface area contributed by atoms with Gasteiger partial charge in [0.05, 0.1) is 11.7 Å². The average Bonchev–Trinajstić information content (AvgIpc) is 3.15. The van der Waals surface area contributed by atoms with Crippen molar-refractivity contribution in [1.82, 2.24) is 15.1 Å². The molecular formula is C21H19Cl2N3O. The first-order valence-electron chi connectivity index (χ1n) is 8.86. The Kier molecular flexibility index (Phi) is 4.70. The van der Waals surface area contributed by atoms with E-state index in [4.69, 9.17) is 23.2 Å². The van der Waals surface area contributed by atoms with Gasteiger partial charge in [-0.2, -0.15) is 5.10 Å². The predicted molar refractivity (Wildman–Crippen MR) is 108 cm³/mol. The van der Waals surface area contributed by atoms with Crippen molar-refractivity contribution in [3.8, 4) is 11.3 Å². The van der Waals surface area contributed by atoms with E-state index in [1.165, 1.54) is 0 Å². The van der Waals surface area contributed by atoms with Gasteiger partial charge in [-0.1, -0.05) is 61.3 Å². The molecule has 2 aromatic carbocycles. The summed E-state index contributed by atoms with van der Waals surface area (Å²) >= 11 is 12.3. The Balaban J connectivity index is 1.89. The maximum absolute atomic E-state index is 13.1. The van der Waals surface area contributed by atoms with Gasteiger partial charge in [-0.3, -0.25) is 9.89 Å². The third-order valence-corrected chi connectivity index (χ3v) is 5.19. The molecule has 4 rings (SSSR count). The lowest BCUT2D eigenvalue weighted by molar-refractivity contribution is 0.0722. The van der Waals surface area contributed by atoms with Crippen LogP contribution in [0.25, 0.3) is 11.3 Å². The summed E-state index contributed by atoms with van der Waals surface area (Å²) in [5.74, 6) is 0.308. The summed E-state index contributed by atoms with van der Waals surface area (Å²) in [6.45, 7) is 4.86. The van der Waals surface area contributed by atoms with Gasteiger partial charge in [0.25, 0.3) is 5.91 Å². The molecule has 138 valence electrons. The molecule has 1 aliphatic heterocycles. The zero-order valence-electron chi connectivity index (χ0n) is 15.0. The second-order valence-electron chi connectivity index (χ2n) is 7.18. The zero-order chi connectivity index (χ0) is 19.1. The highest BCUT2D eigenvalue weighted by Gasteiger charge is 2.42. The van der Waals surface area contributed by atoms with E-state index in [0.717, 1.165) is 22.4 Å². The normalized spacial score (nSPS) is 16.3. The number of fused-ring (bicyclic) bond motifs is 1. The molecule has 4 nitrogen and oxygen atoms in total. The van der Waals surface area contributed by atoms with Crippen LogP contribution in [-0.4, -0.2) is 27.5 Å². The second kappa shape index (κ2) is 7.02. The quantitative estimate of drug-likeness (QED) is 0.621. The lowest BCUT2D eigenvalue weighted by Gasteiger charge is -2.28. The maximum Gasteiger partial charge on any atom is 0.273 e. The van der Waals surface area contributed by atoms with E-state index < -0.39 is 0 Å². The number of nitrogens with one attached hydrogen (secondary N) is 1. The Morgan fingerprint density at radius 2 is 1.85 bits per heavy atom. The van der Waals surface area contributed by atoms with E-state index in [1.54, 1.807) is 0 Å². The topological polar surface area (TPSA) is 49.0 Å². The molecule has 0 bridgehead atoms. The van der Waals surface area contributed by atoms with Crippen LogP contribution in [0.5, 0.6) is 0 Å². The van der Waals surface area contributed by atoms with Crippen LogP contribution in [0.2, 0.25) is 10.0 Å². The summed E-state index contributed by atoms with van der Waals surface area (Å²) in [4.78, 5) is 15.0. The summed E-state index contributed by atoms with van der Waals surface area (Å²) in [6.07, 6.45) is 0. The van der Waals surface area contributed by atoms with Gasteiger partial charge in [-0.15, -0.1) is 0 Å². The Labute approximate surface area is 168 Å². The molecule has 0 spiro atoms. The van der Waals surface area contributed by atoms with Crippen molar-refractivity contribution in [3.63, 3.8) is 0 Å². The summed E-state index contributed by atoms with van der Waals surface area (Å²) < 4.78 is 0. The van der Waals surface area contributed by atoms with Crippen molar-refractivity contribution in [2.75, 3.05) is 6.54 Å². The number of nitrogens with zero attached hydrogens (tertiary/aromatic N) is 2. The van der Waals surface area contributed by atoms with Crippen LogP contribution >= 0.6 is 23.2 Å². The molecule has 1 unspecified atom stereocenters. The minimum atomic E-state index is -0.224. The minimum absolute atomic E-state index is 0.0311. The molecule has 1 N–H and O–H groups in total. The summed E-state index contributed by atoms with van der Waals surface area (Å²) in [5, 5.41) is 8.72. The van der Waals surface area contributed by atoms with Gasteiger partial charge in [0.15, 0.2) is 0 Å². The van der Waals surface area contributed by atoms with E-state index >= 15 is 0 Å². The number of amides is 1. The Hall–Kier alpha value is -2.30. The fraction of sp³-hybridized carbons (Fsp3) is 0.238. The van der Waals surface area contributed by atoms with E-state index in [-0.39, 0.29) is 11.9 Å². The summed E-state index contributed by atoms with van der Waals surface area (Å²) in [6, 6.07) is 14.9. The number of aromatic amines is 1.